The summed E-state index contributed by atoms with van der Waals surface area (Å²) in [6, 6.07) is 23.6. The van der Waals surface area contributed by atoms with Crippen molar-refractivity contribution in [2.24, 2.45) is 0 Å². The smallest absolute Gasteiger partial charge is 0.264 e. The first-order valence-corrected chi connectivity index (χ1v) is 10.6. The molecule has 0 saturated heterocycles. The van der Waals surface area contributed by atoms with Crippen LogP contribution in [0.4, 0.5) is 0 Å². The van der Waals surface area contributed by atoms with Gasteiger partial charge in [-0.1, -0.05) is 66.7 Å². The van der Waals surface area contributed by atoms with Crippen molar-refractivity contribution < 1.29 is 19.0 Å². The normalized spacial score (nSPS) is 20.9. The monoisotopic (exact) mass is 427 g/mol. The number of fused-ring (bicyclic) bond motifs is 1. The van der Waals surface area contributed by atoms with Crippen molar-refractivity contribution in [2.75, 3.05) is 14.2 Å². The quantitative estimate of drug-likeness (QED) is 0.510. The average Bonchev–Trinajstić information content (AvgIpc) is 2.85. The summed E-state index contributed by atoms with van der Waals surface area (Å²) in [5.74, 6) is 1.15. The van der Waals surface area contributed by atoms with Crippen LogP contribution < -0.4 is 9.47 Å². The fourth-order valence-corrected chi connectivity index (χ4v) is 4.59. The Morgan fingerprint density at radius 1 is 0.875 bits per heavy atom. The molecule has 0 N–H and O–H groups in total. The maximum absolute atomic E-state index is 13.9. The molecule has 2 atom stereocenters. The van der Waals surface area contributed by atoms with E-state index in [-0.39, 0.29) is 11.9 Å². The van der Waals surface area contributed by atoms with Gasteiger partial charge in [0.05, 0.1) is 26.9 Å². The number of carbonyl (C=O) groups is 1. The highest BCUT2D eigenvalue weighted by Crippen LogP contribution is 2.51. The molecule has 5 heteroatoms. The Balaban J connectivity index is 1.60. The van der Waals surface area contributed by atoms with Crippen molar-refractivity contribution in [3.8, 4) is 11.5 Å². The number of benzene rings is 3. The number of hydrogen-bond donors (Lipinski definition) is 0. The van der Waals surface area contributed by atoms with E-state index in [0.717, 1.165) is 22.3 Å². The van der Waals surface area contributed by atoms with Gasteiger partial charge in [-0.2, -0.15) is 0 Å². The van der Waals surface area contributed by atoms with Gasteiger partial charge < -0.3 is 19.1 Å². The standard InChI is InChI=1S/C27H25NO4/c1-30-24-15-21-22(16-25(24)31-2)27(32-18-20-11-7-4-8-12-20)14-13-23(21)28(26(27)29)17-19-9-5-3-6-10-19/h3-16,23H,17-18H2,1-2H3. The number of ether oxygens (including phenoxy) is 3. The van der Waals surface area contributed by atoms with Crippen molar-refractivity contribution >= 4 is 5.91 Å². The van der Waals surface area contributed by atoms with Gasteiger partial charge in [0.15, 0.2) is 17.1 Å². The van der Waals surface area contributed by atoms with Crippen LogP contribution in [0.3, 0.4) is 0 Å². The van der Waals surface area contributed by atoms with Crippen LogP contribution in [0.25, 0.3) is 0 Å². The summed E-state index contributed by atoms with van der Waals surface area (Å²) in [5, 5.41) is 0. The second-order valence-electron chi connectivity index (χ2n) is 8.03. The van der Waals surface area contributed by atoms with Gasteiger partial charge in [0.1, 0.15) is 0 Å². The maximum atomic E-state index is 13.9. The van der Waals surface area contributed by atoms with Gasteiger partial charge in [-0.3, -0.25) is 4.79 Å². The maximum Gasteiger partial charge on any atom is 0.264 e. The first kappa shape index (κ1) is 20.3. The predicted molar refractivity (Wildman–Crippen MR) is 121 cm³/mol. The largest absolute Gasteiger partial charge is 0.493 e. The Labute approximate surface area is 187 Å². The number of carbonyl (C=O) groups excluding carboxylic acids is 1. The van der Waals surface area contributed by atoms with Crippen LogP contribution in [-0.2, 0) is 28.3 Å². The molecule has 0 saturated carbocycles. The van der Waals surface area contributed by atoms with Crippen molar-refractivity contribution in [3.05, 3.63) is 107 Å². The number of amides is 1. The summed E-state index contributed by atoms with van der Waals surface area (Å²) >= 11 is 0. The molecule has 2 aliphatic heterocycles. The van der Waals surface area contributed by atoms with E-state index in [0.29, 0.717) is 24.7 Å². The van der Waals surface area contributed by atoms with Gasteiger partial charge >= 0.3 is 0 Å². The Hall–Kier alpha value is -3.57. The molecule has 32 heavy (non-hydrogen) atoms. The minimum atomic E-state index is -1.21. The molecule has 0 spiro atoms. The summed E-state index contributed by atoms with van der Waals surface area (Å²) in [6.45, 7) is 0.813. The van der Waals surface area contributed by atoms with Crippen LogP contribution in [-0.4, -0.2) is 25.0 Å². The van der Waals surface area contributed by atoms with E-state index in [1.807, 2.05) is 83.8 Å². The fraction of sp³-hybridized carbons (Fsp3) is 0.222. The number of rotatable bonds is 7. The molecule has 0 fully saturated rings. The summed E-state index contributed by atoms with van der Waals surface area (Å²) in [5.41, 5.74) is 2.67. The third-order valence-electron chi connectivity index (χ3n) is 6.21. The highest BCUT2D eigenvalue weighted by atomic mass is 16.5. The predicted octanol–water partition coefficient (Wildman–Crippen LogP) is 4.77. The lowest BCUT2D eigenvalue weighted by molar-refractivity contribution is -0.163. The number of hydrogen-bond acceptors (Lipinski definition) is 4. The lowest BCUT2D eigenvalue weighted by Gasteiger charge is -2.48. The Kier molecular flexibility index (Phi) is 5.19. The van der Waals surface area contributed by atoms with Gasteiger partial charge in [-0.25, -0.2) is 0 Å². The highest BCUT2D eigenvalue weighted by molar-refractivity contribution is 5.94. The van der Waals surface area contributed by atoms with Crippen LogP contribution >= 0.6 is 0 Å². The Morgan fingerprint density at radius 3 is 2.16 bits per heavy atom. The SMILES string of the molecule is COc1cc2c(cc1OC)C1(OCc3ccccc3)C=CC2N(Cc2ccccc2)C1=O. The van der Waals surface area contributed by atoms with Crippen molar-refractivity contribution in [3.63, 3.8) is 0 Å². The molecule has 3 aromatic carbocycles. The zero-order valence-electron chi connectivity index (χ0n) is 18.2. The van der Waals surface area contributed by atoms with E-state index in [1.54, 1.807) is 14.2 Å². The van der Waals surface area contributed by atoms with Crippen LogP contribution in [0.1, 0.15) is 28.3 Å². The molecule has 0 radical (unpaired) electrons. The van der Waals surface area contributed by atoms with E-state index in [9.17, 15) is 4.79 Å². The molecule has 2 bridgehead atoms. The van der Waals surface area contributed by atoms with Gasteiger partial charge in [0.2, 0.25) is 0 Å². The minimum absolute atomic E-state index is 0.0653. The lowest BCUT2D eigenvalue weighted by atomic mass is 9.75. The highest BCUT2D eigenvalue weighted by Gasteiger charge is 2.53. The van der Waals surface area contributed by atoms with Gasteiger partial charge in [-0.05, 0) is 34.9 Å². The molecule has 2 heterocycles. The van der Waals surface area contributed by atoms with Crippen LogP contribution in [0.2, 0.25) is 0 Å². The molecule has 1 aliphatic carbocycles. The average molecular weight is 428 g/mol. The van der Waals surface area contributed by atoms with E-state index >= 15 is 0 Å². The molecule has 2 unspecified atom stereocenters. The molecule has 1 amide bonds. The van der Waals surface area contributed by atoms with Crippen LogP contribution in [0.15, 0.2) is 84.9 Å². The zero-order chi connectivity index (χ0) is 22.1. The molecule has 5 nitrogen and oxygen atoms in total. The van der Waals surface area contributed by atoms with E-state index < -0.39 is 5.60 Å². The summed E-state index contributed by atoms with van der Waals surface area (Å²) in [4.78, 5) is 15.8. The summed E-state index contributed by atoms with van der Waals surface area (Å²) < 4.78 is 17.6. The number of methoxy groups -OCH3 is 2. The molecule has 3 aliphatic rings. The summed E-state index contributed by atoms with van der Waals surface area (Å²) in [7, 11) is 3.22. The molecular formula is C27H25NO4. The molecule has 162 valence electrons. The Morgan fingerprint density at radius 2 is 1.50 bits per heavy atom. The van der Waals surface area contributed by atoms with E-state index in [4.69, 9.17) is 14.2 Å². The first-order chi connectivity index (χ1) is 15.7. The zero-order valence-corrected chi connectivity index (χ0v) is 18.2. The Bertz CT molecular complexity index is 1160. The lowest BCUT2D eigenvalue weighted by Crippen LogP contribution is -2.55. The minimum Gasteiger partial charge on any atom is -0.493 e. The molecule has 6 rings (SSSR count). The summed E-state index contributed by atoms with van der Waals surface area (Å²) in [6.07, 6.45) is 3.96. The molecular weight excluding hydrogens is 402 g/mol. The van der Waals surface area contributed by atoms with Crippen molar-refractivity contribution in [1.29, 1.82) is 0 Å². The van der Waals surface area contributed by atoms with Gasteiger partial charge in [0, 0.05) is 12.1 Å². The van der Waals surface area contributed by atoms with Crippen molar-refractivity contribution in [2.45, 2.75) is 24.8 Å². The van der Waals surface area contributed by atoms with Gasteiger partial charge in [-0.15, -0.1) is 0 Å². The third-order valence-corrected chi connectivity index (χ3v) is 6.21. The first-order valence-electron chi connectivity index (χ1n) is 10.6. The van der Waals surface area contributed by atoms with Crippen LogP contribution in [0, 0.1) is 0 Å². The van der Waals surface area contributed by atoms with Crippen molar-refractivity contribution in [1.82, 2.24) is 4.90 Å². The van der Waals surface area contributed by atoms with Crippen LogP contribution in [0.5, 0.6) is 11.5 Å². The number of nitrogens with zero attached hydrogens (tertiary/aromatic N) is 1. The fourth-order valence-electron chi connectivity index (χ4n) is 4.59. The van der Waals surface area contributed by atoms with E-state index in [1.165, 1.54) is 0 Å². The second-order valence-corrected chi connectivity index (χ2v) is 8.03. The second kappa shape index (κ2) is 8.17. The van der Waals surface area contributed by atoms with Gasteiger partial charge in [0.25, 0.3) is 5.91 Å². The van der Waals surface area contributed by atoms with E-state index in [2.05, 4.69) is 6.08 Å². The molecule has 0 aromatic heterocycles. The topological polar surface area (TPSA) is 48.0 Å². The third kappa shape index (κ3) is 3.26. The molecule has 3 aromatic rings.